The summed E-state index contributed by atoms with van der Waals surface area (Å²) in [6, 6.07) is 31.5. The molecule has 2 aliphatic carbocycles. The van der Waals surface area contributed by atoms with E-state index in [0.717, 1.165) is 16.3 Å². The SMILES string of the molecule is CC1(C)CCC(C)(C)c2cc(N(c3cc(Cl)cc(-c4ccccc4)c3)c3ccc4c(c3)C(C)(C)CCC4(C)C)ccc21. The Kier molecular flexibility index (Phi) is 6.93. The number of benzene rings is 4. The average Bonchev–Trinajstić information content (AvgIpc) is 2.94. The second-order valence-corrected chi connectivity index (χ2v) is 15.8. The standard InChI is InChI=1S/C40H46ClN/c1-37(2)18-20-39(5,6)35-25-30(14-16-33(35)37)42(32-23-28(22-29(41)24-32)27-12-10-9-11-13-27)31-15-17-34-36(26-31)40(7,8)21-19-38(34,3)4/h9-17,22-26H,18-21H2,1-8H3. The third-order valence-corrected chi connectivity index (χ3v) is 10.7. The minimum absolute atomic E-state index is 0.123. The summed E-state index contributed by atoms with van der Waals surface area (Å²) < 4.78 is 0. The van der Waals surface area contributed by atoms with Gasteiger partial charge in [0.05, 0.1) is 0 Å². The van der Waals surface area contributed by atoms with Gasteiger partial charge in [0.1, 0.15) is 0 Å². The normalized spacial score (nSPS) is 19.5. The number of fused-ring (bicyclic) bond motifs is 2. The number of hydrogen-bond acceptors (Lipinski definition) is 1. The highest BCUT2D eigenvalue weighted by Gasteiger charge is 2.39. The van der Waals surface area contributed by atoms with Gasteiger partial charge in [-0.25, -0.2) is 0 Å². The zero-order chi connectivity index (χ0) is 30.1. The highest BCUT2D eigenvalue weighted by Crippen LogP contribution is 2.51. The van der Waals surface area contributed by atoms with Gasteiger partial charge in [0.2, 0.25) is 0 Å². The summed E-state index contributed by atoms with van der Waals surface area (Å²) in [6.07, 6.45) is 4.79. The summed E-state index contributed by atoms with van der Waals surface area (Å²) in [5, 5.41) is 0.746. The Morgan fingerprint density at radius 3 is 1.38 bits per heavy atom. The van der Waals surface area contributed by atoms with Crippen LogP contribution in [0.5, 0.6) is 0 Å². The van der Waals surface area contributed by atoms with Crippen LogP contribution in [0, 0.1) is 0 Å². The van der Waals surface area contributed by atoms with Crippen molar-refractivity contribution >= 4 is 28.7 Å². The van der Waals surface area contributed by atoms with Crippen LogP contribution in [-0.2, 0) is 21.7 Å². The maximum atomic E-state index is 6.89. The molecule has 218 valence electrons. The van der Waals surface area contributed by atoms with Crippen LogP contribution in [0.15, 0.2) is 84.9 Å². The number of nitrogens with zero attached hydrogens (tertiary/aromatic N) is 1. The Balaban J connectivity index is 1.60. The van der Waals surface area contributed by atoms with Crippen molar-refractivity contribution in [1.29, 1.82) is 0 Å². The zero-order valence-corrected chi connectivity index (χ0v) is 27.5. The van der Waals surface area contributed by atoms with Gasteiger partial charge in [-0.15, -0.1) is 0 Å². The van der Waals surface area contributed by atoms with Crippen molar-refractivity contribution in [2.24, 2.45) is 0 Å². The van der Waals surface area contributed by atoms with Crippen molar-refractivity contribution in [3.05, 3.63) is 112 Å². The zero-order valence-electron chi connectivity index (χ0n) is 26.7. The van der Waals surface area contributed by atoms with Gasteiger partial charge in [-0.1, -0.05) is 109 Å². The second-order valence-electron chi connectivity index (χ2n) is 15.4. The lowest BCUT2D eigenvalue weighted by atomic mass is 9.63. The Morgan fingerprint density at radius 2 is 0.905 bits per heavy atom. The minimum Gasteiger partial charge on any atom is -0.310 e. The van der Waals surface area contributed by atoms with E-state index in [9.17, 15) is 0 Å². The van der Waals surface area contributed by atoms with Crippen LogP contribution in [0.1, 0.15) is 103 Å². The highest BCUT2D eigenvalue weighted by atomic mass is 35.5. The fourth-order valence-corrected chi connectivity index (χ4v) is 7.61. The minimum atomic E-state index is 0.123. The van der Waals surface area contributed by atoms with Gasteiger partial charge in [-0.05, 0) is 123 Å². The third kappa shape index (κ3) is 5.09. The molecule has 0 amide bonds. The summed E-state index contributed by atoms with van der Waals surface area (Å²) in [5.41, 5.74) is 12.2. The number of halogens is 1. The van der Waals surface area contributed by atoms with Gasteiger partial charge in [0.25, 0.3) is 0 Å². The van der Waals surface area contributed by atoms with E-state index < -0.39 is 0 Å². The Morgan fingerprint density at radius 1 is 0.452 bits per heavy atom. The molecule has 6 rings (SSSR count). The Hall–Kier alpha value is -3.03. The summed E-state index contributed by atoms with van der Waals surface area (Å²) >= 11 is 6.89. The van der Waals surface area contributed by atoms with Crippen LogP contribution in [-0.4, -0.2) is 0 Å². The van der Waals surface area contributed by atoms with Crippen LogP contribution in [0.3, 0.4) is 0 Å². The van der Waals surface area contributed by atoms with Crippen molar-refractivity contribution in [3.8, 4) is 11.1 Å². The molecule has 1 nitrogen and oxygen atoms in total. The summed E-state index contributed by atoms with van der Waals surface area (Å²) in [7, 11) is 0. The van der Waals surface area contributed by atoms with Gasteiger partial charge in [-0.3, -0.25) is 0 Å². The molecule has 0 bridgehead atoms. The van der Waals surface area contributed by atoms with E-state index in [2.05, 4.69) is 145 Å². The molecule has 42 heavy (non-hydrogen) atoms. The summed E-state index contributed by atoms with van der Waals surface area (Å²) in [6.45, 7) is 19.2. The molecule has 0 radical (unpaired) electrons. The highest BCUT2D eigenvalue weighted by molar-refractivity contribution is 6.31. The van der Waals surface area contributed by atoms with E-state index >= 15 is 0 Å². The molecule has 0 saturated carbocycles. The van der Waals surface area contributed by atoms with Crippen molar-refractivity contribution < 1.29 is 0 Å². The smallest absolute Gasteiger partial charge is 0.0482 e. The molecule has 0 unspecified atom stereocenters. The first-order chi connectivity index (χ1) is 19.7. The first kappa shape index (κ1) is 29.1. The fourth-order valence-electron chi connectivity index (χ4n) is 7.38. The maximum Gasteiger partial charge on any atom is 0.0482 e. The molecule has 0 fully saturated rings. The number of rotatable bonds is 4. The fraction of sp³-hybridized carbons (Fsp3) is 0.400. The van der Waals surface area contributed by atoms with Crippen LogP contribution < -0.4 is 4.90 Å². The van der Waals surface area contributed by atoms with E-state index in [-0.39, 0.29) is 21.7 Å². The van der Waals surface area contributed by atoms with Gasteiger partial charge in [-0.2, -0.15) is 0 Å². The summed E-state index contributed by atoms with van der Waals surface area (Å²) in [5.74, 6) is 0. The molecule has 4 aromatic rings. The Bertz CT molecular complexity index is 1560. The average molecular weight is 576 g/mol. The lowest BCUT2D eigenvalue weighted by molar-refractivity contribution is 0.332. The number of hydrogen-bond donors (Lipinski definition) is 0. The molecule has 0 aliphatic heterocycles. The van der Waals surface area contributed by atoms with E-state index in [4.69, 9.17) is 11.6 Å². The molecule has 0 aromatic heterocycles. The lowest BCUT2D eigenvalue weighted by Crippen LogP contribution is -2.34. The first-order valence-electron chi connectivity index (χ1n) is 15.6. The van der Waals surface area contributed by atoms with Crippen LogP contribution in [0.2, 0.25) is 5.02 Å². The van der Waals surface area contributed by atoms with E-state index in [1.165, 1.54) is 64.9 Å². The molecule has 0 saturated heterocycles. The van der Waals surface area contributed by atoms with Crippen molar-refractivity contribution in [3.63, 3.8) is 0 Å². The molecule has 0 heterocycles. The van der Waals surface area contributed by atoms with Gasteiger partial charge in [0.15, 0.2) is 0 Å². The maximum absolute atomic E-state index is 6.89. The van der Waals surface area contributed by atoms with Crippen LogP contribution in [0.4, 0.5) is 17.1 Å². The largest absolute Gasteiger partial charge is 0.310 e. The van der Waals surface area contributed by atoms with Crippen molar-refractivity contribution in [2.45, 2.75) is 103 Å². The third-order valence-electron chi connectivity index (χ3n) is 10.4. The summed E-state index contributed by atoms with van der Waals surface area (Å²) in [4.78, 5) is 2.44. The molecule has 0 atom stereocenters. The van der Waals surface area contributed by atoms with Crippen molar-refractivity contribution in [1.82, 2.24) is 0 Å². The molecule has 2 heteroatoms. The molecular formula is C40H46ClN. The Labute approximate surface area is 258 Å². The predicted molar refractivity (Wildman–Crippen MR) is 182 cm³/mol. The van der Waals surface area contributed by atoms with Crippen LogP contribution in [0.25, 0.3) is 11.1 Å². The van der Waals surface area contributed by atoms with Gasteiger partial charge < -0.3 is 4.90 Å². The van der Waals surface area contributed by atoms with E-state index in [1.54, 1.807) is 0 Å². The molecular weight excluding hydrogens is 530 g/mol. The molecule has 0 spiro atoms. The quantitative estimate of drug-likeness (QED) is 0.234. The molecule has 4 aromatic carbocycles. The first-order valence-corrected chi connectivity index (χ1v) is 16.0. The van der Waals surface area contributed by atoms with E-state index in [1.807, 2.05) is 0 Å². The van der Waals surface area contributed by atoms with Crippen molar-refractivity contribution in [2.75, 3.05) is 4.90 Å². The second kappa shape index (κ2) is 10.0. The predicted octanol–water partition coefficient (Wildman–Crippen LogP) is 12.2. The molecule has 0 N–H and O–H groups in total. The topological polar surface area (TPSA) is 3.24 Å². The van der Waals surface area contributed by atoms with Gasteiger partial charge in [0, 0.05) is 22.1 Å². The van der Waals surface area contributed by atoms with Gasteiger partial charge >= 0.3 is 0 Å². The monoisotopic (exact) mass is 575 g/mol. The van der Waals surface area contributed by atoms with Crippen LogP contribution >= 0.6 is 11.6 Å². The lowest BCUT2D eigenvalue weighted by Gasteiger charge is -2.43. The van der Waals surface area contributed by atoms with E-state index in [0.29, 0.717) is 0 Å². The molecule has 2 aliphatic rings. The number of anilines is 3.